The van der Waals surface area contributed by atoms with Gasteiger partial charge in [-0.15, -0.1) is 11.8 Å². The summed E-state index contributed by atoms with van der Waals surface area (Å²) < 4.78 is 5.00. The largest absolute Gasteiger partial charge is 0.464 e. The molecule has 0 saturated carbocycles. The zero-order valence-electron chi connectivity index (χ0n) is 12.5. The molecule has 1 aromatic rings. The smallest absolute Gasteiger partial charge is 0.331 e. The standard InChI is InChI=1S/C14H20N2O3S/c1-6-19-13(18)14(2,3)16(4)12(17)10-7-8-11(20-5)15-9-10/h7-9H,6H2,1-5H3. The maximum Gasteiger partial charge on any atom is 0.331 e. The second kappa shape index (κ2) is 6.74. The number of amides is 1. The number of hydrogen-bond acceptors (Lipinski definition) is 5. The first-order chi connectivity index (χ1) is 9.34. The number of hydrogen-bond donors (Lipinski definition) is 0. The monoisotopic (exact) mass is 296 g/mol. The highest BCUT2D eigenvalue weighted by Gasteiger charge is 2.37. The summed E-state index contributed by atoms with van der Waals surface area (Å²) in [6.07, 6.45) is 3.44. The first-order valence-corrected chi connectivity index (χ1v) is 7.52. The quantitative estimate of drug-likeness (QED) is 0.616. The van der Waals surface area contributed by atoms with Crippen LogP contribution in [0.5, 0.6) is 0 Å². The highest BCUT2D eigenvalue weighted by Crippen LogP contribution is 2.19. The van der Waals surface area contributed by atoms with Crippen molar-refractivity contribution in [3.63, 3.8) is 0 Å². The number of carbonyl (C=O) groups excluding carboxylic acids is 2. The third kappa shape index (κ3) is 3.50. The lowest BCUT2D eigenvalue weighted by Gasteiger charge is -2.33. The molecule has 110 valence electrons. The molecule has 0 aliphatic heterocycles. The van der Waals surface area contributed by atoms with Gasteiger partial charge in [-0.25, -0.2) is 9.78 Å². The molecule has 0 saturated heterocycles. The van der Waals surface area contributed by atoms with E-state index in [9.17, 15) is 9.59 Å². The summed E-state index contributed by atoms with van der Waals surface area (Å²) in [4.78, 5) is 29.8. The van der Waals surface area contributed by atoms with Gasteiger partial charge in [0.05, 0.1) is 17.2 Å². The molecule has 1 amide bonds. The van der Waals surface area contributed by atoms with E-state index >= 15 is 0 Å². The van der Waals surface area contributed by atoms with E-state index in [2.05, 4.69) is 4.98 Å². The van der Waals surface area contributed by atoms with Gasteiger partial charge in [0.1, 0.15) is 5.54 Å². The van der Waals surface area contributed by atoms with Crippen molar-refractivity contribution >= 4 is 23.6 Å². The number of pyridine rings is 1. The van der Waals surface area contributed by atoms with Gasteiger partial charge in [-0.05, 0) is 39.2 Å². The first-order valence-electron chi connectivity index (χ1n) is 6.30. The first kappa shape index (κ1) is 16.5. The van der Waals surface area contributed by atoms with Crippen LogP contribution >= 0.6 is 11.8 Å². The van der Waals surface area contributed by atoms with Crippen LogP contribution in [0.3, 0.4) is 0 Å². The molecule has 6 heteroatoms. The number of aromatic nitrogens is 1. The topological polar surface area (TPSA) is 59.5 Å². The number of ether oxygens (including phenoxy) is 1. The molecular weight excluding hydrogens is 276 g/mol. The fraction of sp³-hybridized carbons (Fsp3) is 0.500. The molecule has 0 bridgehead atoms. The minimum atomic E-state index is -1.02. The molecule has 0 radical (unpaired) electrons. The Kier molecular flexibility index (Phi) is 5.56. The van der Waals surface area contributed by atoms with Crippen molar-refractivity contribution in [1.29, 1.82) is 0 Å². The molecule has 0 spiro atoms. The van der Waals surface area contributed by atoms with Crippen LogP contribution in [0.15, 0.2) is 23.4 Å². The van der Waals surface area contributed by atoms with E-state index in [1.165, 1.54) is 22.9 Å². The van der Waals surface area contributed by atoms with E-state index in [4.69, 9.17) is 4.74 Å². The predicted octanol–water partition coefficient (Wildman–Crippen LogP) is 2.22. The Bertz CT molecular complexity index is 486. The minimum absolute atomic E-state index is 0.261. The van der Waals surface area contributed by atoms with Crippen LogP contribution in [0.25, 0.3) is 0 Å². The number of likely N-dealkylation sites (N-methyl/N-ethyl adjacent to an activating group) is 1. The van der Waals surface area contributed by atoms with Gasteiger partial charge < -0.3 is 9.64 Å². The molecule has 5 nitrogen and oxygen atoms in total. The Labute approximate surface area is 123 Å². The lowest BCUT2D eigenvalue weighted by molar-refractivity contribution is -0.153. The maximum absolute atomic E-state index is 12.4. The van der Waals surface area contributed by atoms with E-state index in [1.54, 1.807) is 40.0 Å². The molecule has 0 unspecified atom stereocenters. The van der Waals surface area contributed by atoms with Gasteiger partial charge in [0.25, 0.3) is 5.91 Å². The molecule has 20 heavy (non-hydrogen) atoms. The maximum atomic E-state index is 12.4. The van der Waals surface area contributed by atoms with Crippen molar-refractivity contribution in [1.82, 2.24) is 9.88 Å². The molecular formula is C14H20N2O3S. The Morgan fingerprint density at radius 2 is 2.05 bits per heavy atom. The van der Waals surface area contributed by atoms with Gasteiger partial charge in [0.15, 0.2) is 0 Å². The molecule has 0 aliphatic carbocycles. The molecule has 1 heterocycles. The Balaban J connectivity index is 2.92. The third-order valence-corrected chi connectivity index (χ3v) is 3.77. The molecule has 0 N–H and O–H groups in total. The number of esters is 1. The summed E-state index contributed by atoms with van der Waals surface area (Å²) >= 11 is 1.50. The average molecular weight is 296 g/mol. The number of rotatable bonds is 5. The molecule has 0 aliphatic rings. The predicted molar refractivity (Wildman–Crippen MR) is 78.8 cm³/mol. The van der Waals surface area contributed by atoms with E-state index in [-0.39, 0.29) is 12.5 Å². The number of thioether (sulfide) groups is 1. The molecule has 0 fully saturated rings. The van der Waals surface area contributed by atoms with Crippen LogP contribution in [0.1, 0.15) is 31.1 Å². The highest BCUT2D eigenvalue weighted by molar-refractivity contribution is 7.98. The second-order valence-electron chi connectivity index (χ2n) is 4.73. The zero-order chi connectivity index (χ0) is 15.3. The summed E-state index contributed by atoms with van der Waals surface area (Å²) in [5, 5.41) is 0.842. The summed E-state index contributed by atoms with van der Waals surface area (Å²) in [5.74, 6) is -0.687. The van der Waals surface area contributed by atoms with Crippen LogP contribution in [-0.4, -0.2) is 47.2 Å². The molecule has 0 aromatic carbocycles. The summed E-state index contributed by atoms with van der Waals surface area (Å²) in [6.45, 7) is 5.34. The normalized spacial score (nSPS) is 11.1. The van der Waals surface area contributed by atoms with Gasteiger partial charge in [-0.3, -0.25) is 4.79 Å². The average Bonchev–Trinajstić information content (AvgIpc) is 2.46. The number of carbonyl (C=O) groups is 2. The third-order valence-electron chi connectivity index (χ3n) is 3.11. The van der Waals surface area contributed by atoms with Gasteiger partial charge in [0.2, 0.25) is 0 Å². The Morgan fingerprint density at radius 3 is 2.50 bits per heavy atom. The summed E-state index contributed by atoms with van der Waals surface area (Å²) in [6, 6.07) is 3.49. The number of nitrogens with zero attached hydrogens (tertiary/aromatic N) is 2. The summed E-state index contributed by atoms with van der Waals surface area (Å²) in [5.41, 5.74) is -0.576. The Morgan fingerprint density at radius 1 is 1.40 bits per heavy atom. The fourth-order valence-electron chi connectivity index (χ4n) is 1.52. The van der Waals surface area contributed by atoms with Crippen molar-refractivity contribution in [2.45, 2.75) is 31.3 Å². The summed E-state index contributed by atoms with van der Waals surface area (Å²) in [7, 11) is 1.59. The van der Waals surface area contributed by atoms with Crippen molar-refractivity contribution in [2.75, 3.05) is 19.9 Å². The van der Waals surface area contributed by atoms with E-state index in [1.807, 2.05) is 6.26 Å². The fourth-order valence-corrected chi connectivity index (χ4v) is 1.88. The minimum Gasteiger partial charge on any atom is -0.464 e. The molecule has 0 atom stereocenters. The van der Waals surface area contributed by atoms with Crippen molar-refractivity contribution in [3.05, 3.63) is 23.9 Å². The highest BCUT2D eigenvalue weighted by atomic mass is 32.2. The van der Waals surface area contributed by atoms with Gasteiger partial charge in [-0.1, -0.05) is 0 Å². The van der Waals surface area contributed by atoms with Crippen LogP contribution in [0.4, 0.5) is 0 Å². The lowest BCUT2D eigenvalue weighted by atomic mass is 10.0. The van der Waals surface area contributed by atoms with Gasteiger partial charge >= 0.3 is 5.97 Å². The van der Waals surface area contributed by atoms with Gasteiger partial charge in [-0.2, -0.15) is 0 Å². The van der Waals surface area contributed by atoms with Crippen molar-refractivity contribution in [2.24, 2.45) is 0 Å². The van der Waals surface area contributed by atoms with E-state index in [0.717, 1.165) is 5.03 Å². The SMILES string of the molecule is CCOC(=O)C(C)(C)N(C)C(=O)c1ccc(SC)nc1. The van der Waals surface area contributed by atoms with Gasteiger partial charge in [0, 0.05) is 13.2 Å². The second-order valence-corrected chi connectivity index (χ2v) is 5.56. The molecule has 1 rings (SSSR count). The zero-order valence-corrected chi connectivity index (χ0v) is 13.3. The van der Waals surface area contributed by atoms with Crippen molar-refractivity contribution < 1.29 is 14.3 Å². The Hall–Kier alpha value is -1.56. The lowest BCUT2D eigenvalue weighted by Crippen LogP contribution is -2.51. The molecule has 1 aromatic heterocycles. The van der Waals surface area contributed by atoms with Crippen molar-refractivity contribution in [3.8, 4) is 0 Å². The van der Waals surface area contributed by atoms with E-state index < -0.39 is 11.5 Å². The van der Waals surface area contributed by atoms with Crippen LogP contribution in [0, 0.1) is 0 Å². The van der Waals surface area contributed by atoms with Crippen LogP contribution in [-0.2, 0) is 9.53 Å². The van der Waals surface area contributed by atoms with E-state index in [0.29, 0.717) is 5.56 Å². The van der Waals surface area contributed by atoms with Crippen LogP contribution < -0.4 is 0 Å². The van der Waals surface area contributed by atoms with Crippen LogP contribution in [0.2, 0.25) is 0 Å².